The molecular weight excluding hydrogens is 313 g/mol. The van der Waals surface area contributed by atoms with E-state index in [9.17, 15) is 22.8 Å². The molecule has 128 valence electrons. The van der Waals surface area contributed by atoms with Crippen molar-refractivity contribution in [1.29, 1.82) is 0 Å². The monoisotopic (exact) mass is 332 g/mol. The van der Waals surface area contributed by atoms with Crippen LogP contribution in [0.3, 0.4) is 0 Å². The molecule has 23 heavy (non-hydrogen) atoms. The molecule has 1 rings (SSSR count). The number of carboxylic acid groups (broad SMARTS) is 1. The van der Waals surface area contributed by atoms with Crippen LogP contribution in [0.15, 0.2) is 18.2 Å². The largest absolute Gasteiger partial charge is 0.481 e. The summed E-state index contributed by atoms with van der Waals surface area (Å²) in [6, 6.07) is 3.13. The van der Waals surface area contributed by atoms with Crippen molar-refractivity contribution in [2.75, 3.05) is 23.3 Å². The van der Waals surface area contributed by atoms with Crippen LogP contribution in [0.2, 0.25) is 0 Å². The highest BCUT2D eigenvalue weighted by atomic mass is 19.4. The first kappa shape index (κ1) is 18.8. The summed E-state index contributed by atoms with van der Waals surface area (Å²) in [6.07, 6.45) is -5.21. The number of benzene rings is 1. The Bertz CT molecular complexity index is 570. The van der Waals surface area contributed by atoms with E-state index in [-0.39, 0.29) is 18.5 Å². The zero-order valence-electron chi connectivity index (χ0n) is 12.9. The Kier molecular flexibility index (Phi) is 6.41. The highest BCUT2D eigenvalue weighted by Crippen LogP contribution is 2.35. The number of alkyl halides is 3. The highest BCUT2D eigenvalue weighted by Gasteiger charge is 2.31. The standard InChI is InChI=1S/C15H19F3N2O3/c1-3-20(4-2)12-6-5-10(15(16,17)18)9-11(12)19-13(21)7-8-14(22)23/h5-6,9H,3-4,7-8H2,1-2H3,(H,19,21)(H,22,23). The van der Waals surface area contributed by atoms with E-state index in [0.717, 1.165) is 12.1 Å². The van der Waals surface area contributed by atoms with Gasteiger partial charge in [-0.2, -0.15) is 13.2 Å². The van der Waals surface area contributed by atoms with Crippen molar-refractivity contribution in [3.63, 3.8) is 0 Å². The van der Waals surface area contributed by atoms with Crippen molar-refractivity contribution in [2.45, 2.75) is 32.9 Å². The summed E-state index contributed by atoms with van der Waals surface area (Å²) in [5.74, 6) is -1.78. The Morgan fingerprint density at radius 3 is 2.26 bits per heavy atom. The van der Waals surface area contributed by atoms with E-state index in [1.807, 2.05) is 13.8 Å². The molecule has 2 N–H and O–H groups in total. The van der Waals surface area contributed by atoms with E-state index in [1.165, 1.54) is 6.07 Å². The van der Waals surface area contributed by atoms with Crippen molar-refractivity contribution in [1.82, 2.24) is 0 Å². The summed E-state index contributed by atoms with van der Waals surface area (Å²) in [5, 5.41) is 10.9. The molecule has 0 atom stereocenters. The summed E-state index contributed by atoms with van der Waals surface area (Å²) >= 11 is 0. The van der Waals surface area contributed by atoms with Crippen molar-refractivity contribution in [3.8, 4) is 0 Å². The van der Waals surface area contributed by atoms with Gasteiger partial charge in [-0.05, 0) is 32.0 Å². The van der Waals surface area contributed by atoms with Gasteiger partial charge in [-0.25, -0.2) is 0 Å². The van der Waals surface area contributed by atoms with Crippen molar-refractivity contribution in [3.05, 3.63) is 23.8 Å². The minimum Gasteiger partial charge on any atom is -0.481 e. The Hall–Kier alpha value is -2.25. The second kappa shape index (κ2) is 7.85. The lowest BCUT2D eigenvalue weighted by Gasteiger charge is -2.25. The quantitative estimate of drug-likeness (QED) is 0.803. The number of amides is 1. The maximum absolute atomic E-state index is 12.9. The molecule has 0 unspecified atom stereocenters. The molecule has 0 fully saturated rings. The first-order valence-corrected chi connectivity index (χ1v) is 7.16. The molecule has 0 bridgehead atoms. The van der Waals surface area contributed by atoms with E-state index in [0.29, 0.717) is 18.8 Å². The molecule has 0 aliphatic carbocycles. The van der Waals surface area contributed by atoms with E-state index in [4.69, 9.17) is 5.11 Å². The number of halogens is 3. The normalized spacial score (nSPS) is 11.2. The molecule has 0 spiro atoms. The number of carbonyl (C=O) groups excluding carboxylic acids is 1. The maximum atomic E-state index is 12.9. The summed E-state index contributed by atoms with van der Waals surface area (Å²) in [4.78, 5) is 24.0. The fraction of sp³-hybridized carbons (Fsp3) is 0.467. The molecule has 0 aliphatic rings. The smallest absolute Gasteiger partial charge is 0.416 e. The molecule has 0 saturated carbocycles. The predicted molar refractivity (Wildman–Crippen MR) is 80.5 cm³/mol. The lowest BCUT2D eigenvalue weighted by molar-refractivity contribution is -0.138. The van der Waals surface area contributed by atoms with E-state index >= 15 is 0 Å². The van der Waals surface area contributed by atoms with E-state index < -0.39 is 23.6 Å². The van der Waals surface area contributed by atoms with Crippen LogP contribution in [0, 0.1) is 0 Å². The third kappa shape index (κ3) is 5.46. The molecule has 1 aromatic rings. The van der Waals surface area contributed by atoms with Crippen molar-refractivity contribution >= 4 is 23.3 Å². The third-order valence-corrected chi connectivity index (χ3v) is 3.27. The van der Waals surface area contributed by atoms with Crippen LogP contribution in [-0.4, -0.2) is 30.1 Å². The number of rotatable bonds is 7. The van der Waals surface area contributed by atoms with Crippen LogP contribution in [0.1, 0.15) is 32.3 Å². The number of carbonyl (C=O) groups is 2. The summed E-state index contributed by atoms with van der Waals surface area (Å²) < 4.78 is 38.6. The third-order valence-electron chi connectivity index (χ3n) is 3.27. The number of aliphatic carboxylic acids is 1. The highest BCUT2D eigenvalue weighted by molar-refractivity contribution is 5.95. The van der Waals surface area contributed by atoms with Crippen LogP contribution in [0.25, 0.3) is 0 Å². The fourth-order valence-corrected chi connectivity index (χ4v) is 2.09. The molecule has 1 aromatic carbocycles. The Morgan fingerprint density at radius 2 is 1.78 bits per heavy atom. The molecule has 0 radical (unpaired) electrons. The van der Waals surface area contributed by atoms with Gasteiger partial charge in [0.25, 0.3) is 0 Å². The van der Waals surface area contributed by atoms with E-state index in [2.05, 4.69) is 5.32 Å². The van der Waals surface area contributed by atoms with Crippen LogP contribution in [0.4, 0.5) is 24.5 Å². The van der Waals surface area contributed by atoms with Gasteiger partial charge in [-0.1, -0.05) is 0 Å². The SMILES string of the molecule is CCN(CC)c1ccc(C(F)(F)F)cc1NC(=O)CCC(=O)O. The van der Waals surface area contributed by atoms with Gasteiger partial charge in [-0.3, -0.25) is 9.59 Å². The molecule has 0 aromatic heterocycles. The molecule has 0 saturated heterocycles. The van der Waals surface area contributed by atoms with Crippen LogP contribution >= 0.6 is 0 Å². The van der Waals surface area contributed by atoms with Gasteiger partial charge in [0, 0.05) is 19.5 Å². The number of nitrogens with zero attached hydrogens (tertiary/aromatic N) is 1. The summed E-state index contributed by atoms with van der Waals surface area (Å²) in [7, 11) is 0. The van der Waals surface area contributed by atoms with Crippen LogP contribution in [0.5, 0.6) is 0 Å². The maximum Gasteiger partial charge on any atom is 0.416 e. The van der Waals surface area contributed by atoms with Gasteiger partial charge in [-0.15, -0.1) is 0 Å². The first-order valence-electron chi connectivity index (χ1n) is 7.16. The Morgan fingerprint density at radius 1 is 1.17 bits per heavy atom. The molecule has 8 heteroatoms. The lowest BCUT2D eigenvalue weighted by atomic mass is 10.1. The second-order valence-electron chi connectivity index (χ2n) is 4.84. The van der Waals surface area contributed by atoms with Crippen molar-refractivity contribution < 1.29 is 27.9 Å². The fourth-order valence-electron chi connectivity index (χ4n) is 2.09. The van der Waals surface area contributed by atoms with Gasteiger partial charge in [0.15, 0.2) is 0 Å². The molecular formula is C15H19F3N2O3. The first-order chi connectivity index (χ1) is 10.7. The minimum atomic E-state index is -4.53. The minimum absolute atomic E-state index is 0.0268. The number of hydrogen-bond donors (Lipinski definition) is 2. The summed E-state index contributed by atoms with van der Waals surface area (Å²) in [6.45, 7) is 4.80. The topological polar surface area (TPSA) is 69.6 Å². The van der Waals surface area contributed by atoms with Gasteiger partial charge >= 0.3 is 12.1 Å². The van der Waals surface area contributed by atoms with Gasteiger partial charge in [0.2, 0.25) is 5.91 Å². The molecule has 0 aliphatic heterocycles. The van der Waals surface area contributed by atoms with Crippen LogP contribution < -0.4 is 10.2 Å². The van der Waals surface area contributed by atoms with Crippen molar-refractivity contribution in [2.24, 2.45) is 0 Å². The lowest BCUT2D eigenvalue weighted by Crippen LogP contribution is -2.24. The Balaban J connectivity index is 3.12. The summed E-state index contributed by atoms with van der Waals surface area (Å²) in [5.41, 5.74) is -0.382. The van der Waals surface area contributed by atoms with Gasteiger partial charge < -0.3 is 15.3 Å². The average Bonchev–Trinajstić information content (AvgIpc) is 2.46. The number of hydrogen-bond acceptors (Lipinski definition) is 3. The predicted octanol–water partition coefficient (Wildman–Crippen LogP) is 3.35. The average molecular weight is 332 g/mol. The number of carboxylic acids is 1. The molecule has 1 amide bonds. The zero-order valence-corrected chi connectivity index (χ0v) is 12.9. The van der Waals surface area contributed by atoms with Gasteiger partial charge in [0.05, 0.1) is 23.4 Å². The number of nitrogens with one attached hydrogen (secondary N) is 1. The van der Waals surface area contributed by atoms with Gasteiger partial charge in [0.1, 0.15) is 0 Å². The number of anilines is 2. The Labute approximate surface area is 132 Å². The molecule has 0 heterocycles. The zero-order chi connectivity index (χ0) is 17.6. The molecule has 5 nitrogen and oxygen atoms in total. The van der Waals surface area contributed by atoms with Crippen LogP contribution in [-0.2, 0) is 15.8 Å². The second-order valence-corrected chi connectivity index (χ2v) is 4.84. The van der Waals surface area contributed by atoms with E-state index in [1.54, 1.807) is 4.90 Å².